The molecule has 1 aromatic rings. The Bertz CT molecular complexity index is 357. The molecule has 0 heterocycles. The maximum absolute atomic E-state index is 11.0. The first-order valence-electron chi connectivity index (χ1n) is 3.50. The molecule has 0 saturated carbocycles. The molecule has 0 aliphatic carbocycles. The Morgan fingerprint density at radius 3 is 2.54 bits per heavy atom. The normalized spacial score (nSPS) is 8.69. The van der Waals surface area contributed by atoms with E-state index in [2.05, 4.69) is 5.32 Å². The molecule has 0 radical (unpaired) electrons. The molecule has 0 saturated heterocycles. The monoisotopic (exact) mass is 421 g/mol. The average Bonchev–Trinajstić information content (AvgIpc) is 2.09. The number of rotatable bonds is 2. The van der Waals surface area contributed by atoms with Crippen molar-refractivity contribution in [2.45, 2.75) is 0 Å². The van der Waals surface area contributed by atoms with E-state index >= 15 is 0 Å². The van der Waals surface area contributed by atoms with E-state index in [1.54, 1.807) is 24.3 Å². The number of hydrogen-bond acceptors (Lipinski definition) is 2. The molecule has 3 nitrogen and oxygen atoms in total. The van der Waals surface area contributed by atoms with Gasteiger partial charge in [-0.25, -0.2) is 0 Å². The average molecular weight is 422 g/mol. The quantitative estimate of drug-likeness (QED) is 0.787. The van der Waals surface area contributed by atoms with Crippen LogP contribution in [0.3, 0.4) is 0 Å². The molecular weight excluding hydrogens is 416 g/mol. The molecule has 0 aliphatic heterocycles. The summed E-state index contributed by atoms with van der Waals surface area (Å²) >= 11 is 3.54. The van der Waals surface area contributed by atoms with Gasteiger partial charge in [0.2, 0.25) is 0 Å². The van der Waals surface area contributed by atoms with Crippen molar-refractivity contribution >= 4 is 26.2 Å². The summed E-state index contributed by atoms with van der Waals surface area (Å²) in [6, 6.07) is 6.73. The van der Waals surface area contributed by atoms with Gasteiger partial charge < -0.3 is 0 Å². The summed E-state index contributed by atoms with van der Waals surface area (Å²) in [4.78, 5) is 11.0. The Kier molecular flexibility index (Phi) is 4.51. The van der Waals surface area contributed by atoms with Crippen LogP contribution >= 0.6 is 11.6 Å². The minimum atomic E-state index is -2.10. The van der Waals surface area contributed by atoms with E-state index in [-0.39, 0.29) is 5.91 Å². The molecule has 1 aromatic carbocycles. The van der Waals surface area contributed by atoms with E-state index in [0.29, 0.717) is 10.7 Å². The molecule has 0 atom stereocenters. The number of benzene rings is 1. The van der Waals surface area contributed by atoms with Crippen LogP contribution in [-0.4, -0.2) is 8.93 Å². The predicted molar refractivity (Wildman–Crippen MR) is 46.8 cm³/mol. The molecule has 0 bridgehead atoms. The Morgan fingerprint density at radius 1 is 1.38 bits per heavy atom. The summed E-state index contributed by atoms with van der Waals surface area (Å²) in [5, 5.41) is 3.18. The van der Waals surface area contributed by atoms with Crippen LogP contribution in [-0.2, 0) is 7.03 Å². The summed E-state index contributed by atoms with van der Waals surface area (Å²) in [6.07, 6.45) is 0. The summed E-state index contributed by atoms with van der Waals surface area (Å²) in [7, 11) is 0. The van der Waals surface area contributed by atoms with Gasteiger partial charge in [-0.15, -0.1) is 0 Å². The molecule has 5 heteroatoms. The van der Waals surface area contributed by atoms with E-state index in [9.17, 15) is 7.03 Å². The topological polar surface area (TPSA) is 46.2 Å². The second-order valence-corrected chi connectivity index (χ2v) is 4.88. The molecule has 1 amide bonds. The van der Waals surface area contributed by atoms with E-state index in [1.165, 1.54) is 3.03 Å². The zero-order chi connectivity index (χ0) is 9.68. The Balaban J connectivity index is 2.69. The van der Waals surface area contributed by atoms with Crippen molar-refractivity contribution in [3.05, 3.63) is 29.3 Å². The second kappa shape index (κ2) is 5.44. The van der Waals surface area contributed by atoms with Crippen molar-refractivity contribution in [2.75, 3.05) is 5.32 Å². The van der Waals surface area contributed by atoms with Gasteiger partial charge in [0.15, 0.2) is 0 Å². The van der Waals surface area contributed by atoms with Crippen molar-refractivity contribution in [3.63, 3.8) is 0 Å². The molecule has 0 fully saturated rings. The van der Waals surface area contributed by atoms with Gasteiger partial charge in [0.25, 0.3) is 0 Å². The molecular formula is C8H6ClNO2U+2. The van der Waals surface area contributed by atoms with Gasteiger partial charge in [-0.2, -0.15) is 0 Å². The Hall–Kier alpha value is -0.298. The molecule has 0 aliphatic rings. The predicted octanol–water partition coefficient (Wildman–Crippen LogP) is 1.51. The van der Waals surface area contributed by atoms with Gasteiger partial charge in [-0.3, -0.25) is 0 Å². The minimum absolute atomic E-state index is 0.298. The van der Waals surface area contributed by atoms with Crippen LogP contribution < -0.4 is 5.32 Å². The van der Waals surface area contributed by atoms with Crippen LogP contribution in [0.1, 0.15) is 0 Å². The van der Waals surface area contributed by atoms with Crippen LogP contribution in [0, 0.1) is 27.3 Å². The summed E-state index contributed by atoms with van der Waals surface area (Å²) in [6.45, 7) is 0. The first-order chi connectivity index (χ1) is 6.22. The fourth-order valence-corrected chi connectivity index (χ4v) is 1.64. The van der Waals surface area contributed by atoms with Crippen molar-refractivity contribution in [2.24, 2.45) is 0 Å². The molecule has 1 rings (SSSR count). The van der Waals surface area contributed by atoms with Crippen molar-refractivity contribution in [3.8, 4) is 0 Å². The number of carbonyl (C=O) groups is 1. The third kappa shape index (κ3) is 3.95. The van der Waals surface area contributed by atoms with E-state index in [4.69, 9.17) is 11.6 Å². The zero-order valence-corrected chi connectivity index (χ0v) is 11.5. The van der Waals surface area contributed by atoms with Gasteiger partial charge in [0.1, 0.15) is 0 Å². The van der Waals surface area contributed by atoms with Gasteiger partial charge in [0, 0.05) is 0 Å². The number of halogens is 1. The molecule has 0 aromatic heterocycles. The van der Waals surface area contributed by atoms with Gasteiger partial charge in [-0.05, 0) is 0 Å². The number of amides is 1. The van der Waals surface area contributed by atoms with Crippen LogP contribution in [0.4, 0.5) is 5.69 Å². The number of hydrogen-bond donors (Lipinski definition) is 1. The zero-order valence-electron chi connectivity index (χ0n) is 6.58. The second-order valence-electron chi connectivity index (χ2n) is 2.26. The standard InChI is InChI=1S/C8H6ClNO.O.U/c1-6(11)10-8-4-2-7(9)3-5-8;;/h1-5H,(H,10,11);;/q;;+2. The first kappa shape index (κ1) is 10.8. The molecule has 1 N–H and O–H groups in total. The summed E-state index contributed by atoms with van der Waals surface area (Å²) < 4.78 is 11.5. The summed E-state index contributed by atoms with van der Waals surface area (Å²) in [5.41, 5.74) is 0.658. The third-order valence-corrected chi connectivity index (χ3v) is 3.14. The molecule has 0 unspecified atom stereocenters. The SMILES string of the molecule is [O]=[U+2]=[CH]C(=O)Nc1ccc(Cl)cc1. The van der Waals surface area contributed by atoms with Gasteiger partial charge in [-0.1, -0.05) is 0 Å². The Morgan fingerprint density at radius 2 is 2.00 bits per heavy atom. The Labute approximate surface area is 94.6 Å². The molecule has 0 spiro atoms. The van der Waals surface area contributed by atoms with E-state index in [1.807, 2.05) is 0 Å². The first-order valence-corrected chi connectivity index (χ1v) is 7.98. The van der Waals surface area contributed by atoms with E-state index in [0.717, 1.165) is 0 Å². The fourth-order valence-electron chi connectivity index (χ4n) is 0.765. The van der Waals surface area contributed by atoms with E-state index < -0.39 is 27.3 Å². The van der Waals surface area contributed by atoms with Crippen LogP contribution in [0.25, 0.3) is 0 Å². The summed E-state index contributed by atoms with van der Waals surface area (Å²) in [5.74, 6) is -0.298. The number of anilines is 1. The van der Waals surface area contributed by atoms with Crippen molar-refractivity contribution in [1.29, 1.82) is 0 Å². The van der Waals surface area contributed by atoms with Crippen LogP contribution in [0.15, 0.2) is 24.3 Å². The molecule has 13 heavy (non-hydrogen) atoms. The number of nitrogens with one attached hydrogen (secondary N) is 1. The maximum atomic E-state index is 11.0. The third-order valence-electron chi connectivity index (χ3n) is 1.30. The van der Waals surface area contributed by atoms with Crippen molar-refractivity contribution in [1.82, 2.24) is 0 Å². The van der Waals surface area contributed by atoms with Crippen molar-refractivity contribution < 1.29 is 34.3 Å². The van der Waals surface area contributed by atoms with Gasteiger partial charge in [0.05, 0.1) is 0 Å². The molecule has 64 valence electrons. The fraction of sp³-hybridized carbons (Fsp3) is 0. The van der Waals surface area contributed by atoms with Crippen LogP contribution in [0.2, 0.25) is 5.02 Å². The van der Waals surface area contributed by atoms with Crippen LogP contribution in [0.5, 0.6) is 0 Å². The number of carbonyl (C=O) groups excluding carboxylic acids is 1. The van der Waals surface area contributed by atoms with Gasteiger partial charge >= 0.3 is 95.1 Å².